The van der Waals surface area contributed by atoms with Crippen molar-refractivity contribution < 1.29 is 5.11 Å². The Morgan fingerprint density at radius 2 is 2.14 bits per heavy atom. The molecule has 0 radical (unpaired) electrons. The molecular weight excluding hydrogens is 262 g/mol. The van der Waals surface area contributed by atoms with Gasteiger partial charge in [-0.2, -0.15) is 5.26 Å². The minimum Gasteiger partial charge on any atom is -0.385 e. The first-order chi connectivity index (χ1) is 10.2. The molecule has 0 saturated heterocycles. The maximum absolute atomic E-state index is 10.9. The number of nitriles is 1. The third-order valence-corrected chi connectivity index (χ3v) is 5.36. The van der Waals surface area contributed by atoms with Crippen molar-refractivity contribution in [1.82, 2.24) is 9.55 Å². The van der Waals surface area contributed by atoms with E-state index < -0.39 is 11.5 Å². The fraction of sp³-hybridized carbons (Fsp3) is 0.765. The van der Waals surface area contributed by atoms with Crippen LogP contribution in [0.15, 0.2) is 12.5 Å². The molecule has 4 heteroatoms. The fourth-order valence-corrected chi connectivity index (χ4v) is 3.80. The van der Waals surface area contributed by atoms with Crippen LogP contribution >= 0.6 is 0 Å². The largest absolute Gasteiger partial charge is 0.385 e. The highest BCUT2D eigenvalue weighted by Gasteiger charge is 2.44. The summed E-state index contributed by atoms with van der Waals surface area (Å²) in [7, 11) is 0. The minimum atomic E-state index is -0.701. The molecule has 1 aromatic heterocycles. The lowest BCUT2D eigenvalue weighted by Crippen LogP contribution is -2.33. The smallest absolute Gasteiger partial charge is 0.114 e. The van der Waals surface area contributed by atoms with Gasteiger partial charge in [0.1, 0.15) is 6.10 Å². The van der Waals surface area contributed by atoms with Gasteiger partial charge >= 0.3 is 0 Å². The Morgan fingerprint density at radius 3 is 2.71 bits per heavy atom. The predicted molar refractivity (Wildman–Crippen MR) is 80.4 cm³/mol. The van der Waals surface area contributed by atoms with E-state index in [0.717, 1.165) is 50.1 Å². The molecule has 0 amide bonds. The minimum absolute atomic E-state index is 0.490. The van der Waals surface area contributed by atoms with Crippen LogP contribution in [0.3, 0.4) is 0 Å². The highest BCUT2D eigenvalue weighted by Crippen LogP contribution is 2.49. The third kappa shape index (κ3) is 2.72. The Labute approximate surface area is 126 Å². The molecule has 1 aromatic rings. The number of rotatable bonds is 5. The SMILES string of the molecule is CCCC1CCC(C#N)(C(O)c2cncn2C2CC2)CC1. The van der Waals surface area contributed by atoms with Crippen LogP contribution in [0.2, 0.25) is 0 Å². The second kappa shape index (κ2) is 5.81. The third-order valence-electron chi connectivity index (χ3n) is 5.36. The Kier molecular flexibility index (Phi) is 4.03. The zero-order valence-electron chi connectivity index (χ0n) is 12.8. The van der Waals surface area contributed by atoms with Gasteiger partial charge in [0.2, 0.25) is 0 Å². The van der Waals surface area contributed by atoms with Gasteiger partial charge in [-0.3, -0.25) is 0 Å². The lowest BCUT2D eigenvalue weighted by molar-refractivity contribution is 0.0183. The van der Waals surface area contributed by atoms with Gasteiger partial charge in [0.15, 0.2) is 0 Å². The molecule has 0 aliphatic heterocycles. The van der Waals surface area contributed by atoms with E-state index in [2.05, 4.69) is 22.5 Å². The second-order valence-corrected chi connectivity index (χ2v) is 6.86. The molecule has 1 unspecified atom stereocenters. The fourth-order valence-electron chi connectivity index (χ4n) is 3.80. The van der Waals surface area contributed by atoms with Crippen LogP contribution in [0.25, 0.3) is 0 Å². The Morgan fingerprint density at radius 1 is 1.43 bits per heavy atom. The van der Waals surface area contributed by atoms with E-state index >= 15 is 0 Å². The summed E-state index contributed by atoms with van der Waals surface area (Å²) in [5.74, 6) is 0.733. The van der Waals surface area contributed by atoms with Crippen molar-refractivity contribution in [3.8, 4) is 6.07 Å². The molecule has 4 nitrogen and oxygen atoms in total. The predicted octanol–water partition coefficient (Wildman–Crippen LogP) is 3.75. The molecule has 1 atom stereocenters. The van der Waals surface area contributed by atoms with Gasteiger partial charge < -0.3 is 9.67 Å². The molecular formula is C17H25N3O. The molecule has 2 aliphatic carbocycles. The van der Waals surface area contributed by atoms with E-state index in [9.17, 15) is 10.4 Å². The first-order valence-electron chi connectivity index (χ1n) is 8.31. The van der Waals surface area contributed by atoms with E-state index in [1.54, 1.807) is 6.20 Å². The number of aliphatic hydroxyl groups is 1. The normalized spacial score (nSPS) is 30.8. The number of nitrogens with zero attached hydrogens (tertiary/aromatic N) is 3. The molecule has 2 aliphatic rings. The van der Waals surface area contributed by atoms with E-state index in [4.69, 9.17) is 0 Å². The van der Waals surface area contributed by atoms with Gasteiger partial charge in [-0.25, -0.2) is 4.98 Å². The molecule has 2 fully saturated rings. The van der Waals surface area contributed by atoms with E-state index in [-0.39, 0.29) is 0 Å². The summed E-state index contributed by atoms with van der Waals surface area (Å²) in [5.41, 5.74) is 0.227. The average Bonchev–Trinajstić information content (AvgIpc) is 3.25. The standard InChI is InChI=1S/C17H25N3O/c1-2-3-13-6-8-17(11-18,9-7-13)16(21)15-10-19-12-20(15)14-4-5-14/h10,12-14,16,21H,2-9H2,1H3. The Hall–Kier alpha value is -1.34. The summed E-state index contributed by atoms with van der Waals surface area (Å²) in [6, 6.07) is 2.95. The van der Waals surface area contributed by atoms with Gasteiger partial charge in [-0.1, -0.05) is 19.8 Å². The number of aliphatic hydroxyl groups excluding tert-OH is 1. The van der Waals surface area contributed by atoms with Gasteiger partial charge in [0.05, 0.1) is 29.7 Å². The van der Waals surface area contributed by atoms with Crippen molar-refractivity contribution in [3.63, 3.8) is 0 Å². The van der Waals surface area contributed by atoms with E-state index in [1.807, 2.05) is 6.33 Å². The summed E-state index contributed by atoms with van der Waals surface area (Å²) >= 11 is 0. The Bertz CT molecular complexity index is 518. The van der Waals surface area contributed by atoms with Crippen molar-refractivity contribution in [2.75, 3.05) is 0 Å². The van der Waals surface area contributed by atoms with Crippen molar-refractivity contribution >= 4 is 0 Å². The van der Waals surface area contributed by atoms with Crippen molar-refractivity contribution in [2.45, 2.75) is 70.4 Å². The van der Waals surface area contributed by atoms with Crippen LogP contribution in [-0.4, -0.2) is 14.7 Å². The molecule has 21 heavy (non-hydrogen) atoms. The van der Waals surface area contributed by atoms with Crippen LogP contribution in [-0.2, 0) is 0 Å². The van der Waals surface area contributed by atoms with Crippen LogP contribution in [0.4, 0.5) is 0 Å². The highest BCUT2D eigenvalue weighted by atomic mass is 16.3. The van der Waals surface area contributed by atoms with E-state index in [0.29, 0.717) is 6.04 Å². The van der Waals surface area contributed by atoms with Crippen LogP contribution in [0, 0.1) is 22.7 Å². The zero-order valence-corrected chi connectivity index (χ0v) is 12.8. The lowest BCUT2D eigenvalue weighted by atomic mass is 9.67. The topological polar surface area (TPSA) is 61.8 Å². The molecule has 0 bridgehead atoms. The summed E-state index contributed by atoms with van der Waals surface area (Å²) in [5, 5.41) is 20.6. The second-order valence-electron chi connectivity index (χ2n) is 6.86. The number of hydrogen-bond acceptors (Lipinski definition) is 3. The summed E-state index contributed by atoms with van der Waals surface area (Å²) < 4.78 is 2.09. The maximum Gasteiger partial charge on any atom is 0.114 e. The van der Waals surface area contributed by atoms with Crippen LogP contribution in [0.5, 0.6) is 0 Å². The average molecular weight is 287 g/mol. The lowest BCUT2D eigenvalue weighted by Gasteiger charge is -2.38. The monoisotopic (exact) mass is 287 g/mol. The van der Waals surface area contributed by atoms with Crippen LogP contribution in [0.1, 0.15) is 76.1 Å². The number of hydrogen-bond donors (Lipinski definition) is 1. The van der Waals surface area contributed by atoms with Gasteiger partial charge in [0.25, 0.3) is 0 Å². The molecule has 1 heterocycles. The van der Waals surface area contributed by atoms with Gasteiger partial charge in [0, 0.05) is 6.04 Å². The number of aromatic nitrogens is 2. The summed E-state index contributed by atoms with van der Waals surface area (Å²) in [6.45, 7) is 2.22. The van der Waals surface area contributed by atoms with Crippen molar-refractivity contribution in [1.29, 1.82) is 5.26 Å². The summed E-state index contributed by atoms with van der Waals surface area (Å²) in [4.78, 5) is 4.20. The highest BCUT2D eigenvalue weighted by molar-refractivity contribution is 5.17. The first kappa shape index (κ1) is 14.6. The molecule has 3 rings (SSSR count). The van der Waals surface area contributed by atoms with Crippen molar-refractivity contribution in [3.05, 3.63) is 18.2 Å². The Balaban J connectivity index is 1.77. The molecule has 1 N–H and O–H groups in total. The van der Waals surface area contributed by atoms with E-state index in [1.165, 1.54) is 12.8 Å². The van der Waals surface area contributed by atoms with Gasteiger partial charge in [-0.05, 0) is 44.4 Å². The van der Waals surface area contributed by atoms with Gasteiger partial charge in [-0.15, -0.1) is 0 Å². The molecule has 114 valence electrons. The zero-order chi connectivity index (χ0) is 14.9. The maximum atomic E-state index is 10.9. The van der Waals surface area contributed by atoms with Crippen LogP contribution < -0.4 is 0 Å². The first-order valence-corrected chi connectivity index (χ1v) is 8.31. The molecule has 0 aromatic carbocycles. The molecule has 2 saturated carbocycles. The molecule has 0 spiro atoms. The van der Waals surface area contributed by atoms with Crippen molar-refractivity contribution in [2.24, 2.45) is 11.3 Å². The summed E-state index contributed by atoms with van der Waals surface area (Å²) in [6.07, 6.45) is 11.4. The quantitative estimate of drug-likeness (QED) is 0.897. The number of imidazole rings is 1.